The number of rotatable bonds is 1. The summed E-state index contributed by atoms with van der Waals surface area (Å²) in [6.45, 7) is 0. The first-order chi connectivity index (χ1) is 11.1. The van der Waals surface area contributed by atoms with Gasteiger partial charge in [0, 0.05) is 16.1 Å². The maximum absolute atomic E-state index is 12.8. The van der Waals surface area contributed by atoms with Gasteiger partial charge in [-0.1, -0.05) is 72.3 Å². The van der Waals surface area contributed by atoms with Crippen LogP contribution in [0.1, 0.15) is 32.6 Å². The van der Waals surface area contributed by atoms with Crippen molar-refractivity contribution in [3.63, 3.8) is 0 Å². The zero-order chi connectivity index (χ0) is 16.0. The number of carbonyl (C=O) groups excluding carboxylic acids is 1. The van der Waals surface area contributed by atoms with Crippen LogP contribution in [0.25, 0.3) is 0 Å². The molecule has 0 saturated heterocycles. The maximum Gasteiger partial charge on any atom is 0.193 e. The summed E-state index contributed by atoms with van der Waals surface area (Å²) in [6, 6.07) is 22.5. The van der Waals surface area contributed by atoms with Gasteiger partial charge in [-0.15, -0.1) is 11.6 Å². The predicted octanol–water partition coefficient (Wildman–Crippen LogP) is 5.42. The van der Waals surface area contributed by atoms with Gasteiger partial charge < -0.3 is 0 Å². The Balaban J connectivity index is 2.11. The normalized spacial score (nSPS) is 15.0. The smallest absolute Gasteiger partial charge is 0.193 e. The van der Waals surface area contributed by atoms with Gasteiger partial charge in [-0.3, -0.25) is 4.79 Å². The van der Waals surface area contributed by atoms with Crippen LogP contribution in [0.4, 0.5) is 0 Å². The molecule has 0 aromatic heterocycles. The van der Waals surface area contributed by atoms with Crippen molar-refractivity contribution >= 4 is 29.0 Å². The van der Waals surface area contributed by atoms with Gasteiger partial charge in [-0.05, 0) is 28.8 Å². The van der Waals surface area contributed by atoms with Crippen LogP contribution in [0.2, 0.25) is 5.02 Å². The molecule has 3 heteroatoms. The summed E-state index contributed by atoms with van der Waals surface area (Å²) in [4.78, 5) is 11.9. The molecule has 0 atom stereocenters. The van der Waals surface area contributed by atoms with Gasteiger partial charge in [0.25, 0.3) is 0 Å². The fourth-order valence-electron chi connectivity index (χ4n) is 3.27. The minimum Gasteiger partial charge on any atom is -0.289 e. The predicted molar refractivity (Wildman–Crippen MR) is 93.5 cm³/mol. The van der Waals surface area contributed by atoms with Crippen LogP contribution < -0.4 is 0 Å². The molecule has 23 heavy (non-hydrogen) atoms. The van der Waals surface area contributed by atoms with E-state index < -0.39 is 4.87 Å². The minimum atomic E-state index is -0.925. The number of benzene rings is 3. The van der Waals surface area contributed by atoms with Crippen molar-refractivity contribution in [1.82, 2.24) is 0 Å². The Labute approximate surface area is 144 Å². The molecule has 0 unspecified atom stereocenters. The summed E-state index contributed by atoms with van der Waals surface area (Å²) in [5, 5.41) is 0.620. The molecule has 4 rings (SSSR count). The van der Waals surface area contributed by atoms with Crippen LogP contribution >= 0.6 is 23.2 Å². The molecule has 0 bridgehead atoms. The van der Waals surface area contributed by atoms with Gasteiger partial charge in [0.05, 0.1) is 0 Å². The summed E-state index contributed by atoms with van der Waals surface area (Å²) in [7, 11) is 0. The van der Waals surface area contributed by atoms with E-state index in [1.165, 1.54) is 0 Å². The fourth-order valence-corrected chi connectivity index (χ4v) is 3.90. The standard InChI is InChI=1S/C20H12Cl2O/c21-14-7-5-6-13(12-14)20(22)17-10-3-1-8-15(17)19(23)16-9-2-4-11-18(16)20/h1-12H. The third kappa shape index (κ3) is 2.04. The number of ketones is 1. The SMILES string of the molecule is O=C1c2ccccc2C(Cl)(c2cccc(Cl)c2)c2ccccc21. The first kappa shape index (κ1) is 14.5. The molecular weight excluding hydrogens is 327 g/mol. The van der Waals surface area contributed by atoms with E-state index in [0.717, 1.165) is 16.7 Å². The van der Waals surface area contributed by atoms with Gasteiger partial charge in [-0.25, -0.2) is 0 Å². The largest absolute Gasteiger partial charge is 0.289 e. The molecular formula is C20H12Cl2O. The highest BCUT2D eigenvalue weighted by atomic mass is 35.5. The molecule has 0 radical (unpaired) electrons. The molecule has 0 aliphatic heterocycles. The highest BCUT2D eigenvalue weighted by molar-refractivity contribution is 6.33. The van der Waals surface area contributed by atoms with E-state index in [4.69, 9.17) is 23.2 Å². The summed E-state index contributed by atoms with van der Waals surface area (Å²) in [5.74, 6) is 0.00880. The van der Waals surface area contributed by atoms with Crippen molar-refractivity contribution in [2.45, 2.75) is 4.87 Å². The van der Waals surface area contributed by atoms with Crippen LogP contribution in [0, 0.1) is 0 Å². The molecule has 1 aliphatic rings. The highest BCUT2D eigenvalue weighted by Crippen LogP contribution is 2.49. The molecule has 112 valence electrons. The van der Waals surface area contributed by atoms with E-state index >= 15 is 0 Å². The van der Waals surface area contributed by atoms with Gasteiger partial charge in [0.15, 0.2) is 5.78 Å². The Kier molecular flexibility index (Phi) is 3.29. The number of alkyl halides is 1. The third-order valence-electron chi connectivity index (χ3n) is 4.31. The Morgan fingerprint density at radius 1 is 0.739 bits per heavy atom. The van der Waals surface area contributed by atoms with E-state index in [2.05, 4.69) is 0 Å². The number of hydrogen-bond acceptors (Lipinski definition) is 1. The lowest BCUT2D eigenvalue weighted by Gasteiger charge is -2.35. The van der Waals surface area contributed by atoms with Gasteiger partial charge in [0.1, 0.15) is 4.87 Å². The first-order valence-corrected chi connectivity index (χ1v) is 8.06. The Morgan fingerprint density at radius 3 is 1.87 bits per heavy atom. The molecule has 3 aromatic carbocycles. The van der Waals surface area contributed by atoms with Gasteiger partial charge in [0.2, 0.25) is 0 Å². The number of fused-ring (bicyclic) bond motifs is 2. The Morgan fingerprint density at radius 2 is 1.30 bits per heavy atom. The van der Waals surface area contributed by atoms with Gasteiger partial charge in [-0.2, -0.15) is 0 Å². The van der Waals surface area contributed by atoms with E-state index in [-0.39, 0.29) is 5.78 Å². The molecule has 1 aliphatic carbocycles. The van der Waals surface area contributed by atoms with E-state index in [9.17, 15) is 4.79 Å². The lowest BCUT2D eigenvalue weighted by atomic mass is 9.73. The summed E-state index contributed by atoms with van der Waals surface area (Å²) >= 11 is 13.4. The van der Waals surface area contributed by atoms with Crippen LogP contribution in [-0.4, -0.2) is 5.78 Å². The van der Waals surface area contributed by atoms with Crippen molar-refractivity contribution < 1.29 is 4.79 Å². The van der Waals surface area contributed by atoms with Crippen molar-refractivity contribution in [2.75, 3.05) is 0 Å². The Hall–Kier alpha value is -2.09. The van der Waals surface area contributed by atoms with Gasteiger partial charge >= 0.3 is 0 Å². The number of halogens is 2. The summed E-state index contributed by atoms with van der Waals surface area (Å²) < 4.78 is 0. The second-order valence-corrected chi connectivity index (χ2v) is 6.59. The molecule has 3 aromatic rings. The zero-order valence-electron chi connectivity index (χ0n) is 12.1. The third-order valence-corrected chi connectivity index (χ3v) is 5.17. The van der Waals surface area contributed by atoms with E-state index in [1.54, 1.807) is 0 Å². The van der Waals surface area contributed by atoms with Crippen molar-refractivity contribution in [1.29, 1.82) is 0 Å². The van der Waals surface area contributed by atoms with Crippen LogP contribution in [-0.2, 0) is 4.87 Å². The van der Waals surface area contributed by atoms with Crippen LogP contribution in [0.15, 0.2) is 72.8 Å². The first-order valence-electron chi connectivity index (χ1n) is 7.31. The number of carbonyl (C=O) groups is 1. The molecule has 0 saturated carbocycles. The summed E-state index contributed by atoms with van der Waals surface area (Å²) in [6.07, 6.45) is 0. The lowest BCUT2D eigenvalue weighted by molar-refractivity contribution is 0.103. The van der Waals surface area contributed by atoms with Crippen LogP contribution in [0.5, 0.6) is 0 Å². The fraction of sp³-hybridized carbons (Fsp3) is 0.0500. The second-order valence-electron chi connectivity index (χ2n) is 5.59. The molecule has 0 N–H and O–H groups in total. The molecule has 1 nitrogen and oxygen atoms in total. The monoisotopic (exact) mass is 338 g/mol. The van der Waals surface area contributed by atoms with Crippen LogP contribution in [0.3, 0.4) is 0 Å². The van der Waals surface area contributed by atoms with Crippen molar-refractivity contribution in [2.24, 2.45) is 0 Å². The average molecular weight is 339 g/mol. The topological polar surface area (TPSA) is 17.1 Å². The minimum absolute atomic E-state index is 0.00880. The highest BCUT2D eigenvalue weighted by Gasteiger charge is 2.43. The summed E-state index contributed by atoms with van der Waals surface area (Å²) in [5.41, 5.74) is 3.74. The molecule has 0 fully saturated rings. The van der Waals surface area contributed by atoms with E-state index in [0.29, 0.717) is 16.1 Å². The second kappa shape index (κ2) is 5.23. The molecule has 0 spiro atoms. The maximum atomic E-state index is 12.8. The van der Waals surface area contributed by atoms with E-state index in [1.807, 2.05) is 72.8 Å². The Bertz CT molecular complexity index is 881. The molecule has 0 heterocycles. The van der Waals surface area contributed by atoms with Crippen molar-refractivity contribution in [3.05, 3.63) is 106 Å². The lowest BCUT2D eigenvalue weighted by Crippen LogP contribution is -2.32. The zero-order valence-corrected chi connectivity index (χ0v) is 13.6. The molecule has 0 amide bonds. The number of hydrogen-bond donors (Lipinski definition) is 0. The average Bonchev–Trinajstić information content (AvgIpc) is 2.60. The van der Waals surface area contributed by atoms with Crippen molar-refractivity contribution in [3.8, 4) is 0 Å². The quantitative estimate of drug-likeness (QED) is 0.542.